The van der Waals surface area contributed by atoms with Gasteiger partial charge in [-0.15, -0.1) is 20.4 Å². The number of aromatic nitrogens is 4. The number of hydrogen-bond acceptors (Lipinski definition) is 7. The lowest BCUT2D eigenvalue weighted by atomic mass is 10.7. The fourth-order valence-electron chi connectivity index (χ4n) is 0.928. The molecule has 0 unspecified atom stereocenters. The zero-order chi connectivity index (χ0) is 9.97. The minimum atomic E-state index is 0.667. The molecule has 0 amide bonds. The van der Waals surface area contributed by atoms with Crippen molar-refractivity contribution in [1.29, 1.82) is 0 Å². The predicted octanol–water partition coefficient (Wildman–Crippen LogP) is 1.62. The molecular weight excluding hydrogens is 218 g/mol. The molecule has 5 nitrogen and oxygen atoms in total. The number of rotatable bonds is 3. The first-order valence-electron chi connectivity index (χ1n) is 4.07. The number of aryl methyl sites for hydroxylation is 2. The van der Waals surface area contributed by atoms with E-state index in [1.54, 1.807) is 11.3 Å². The second-order valence-corrected chi connectivity index (χ2v) is 5.14. The van der Waals surface area contributed by atoms with Crippen LogP contribution in [0.1, 0.15) is 15.0 Å². The van der Waals surface area contributed by atoms with Gasteiger partial charge in [0.05, 0.1) is 6.54 Å². The van der Waals surface area contributed by atoms with Crippen LogP contribution in [-0.2, 0) is 6.54 Å². The van der Waals surface area contributed by atoms with E-state index in [0.29, 0.717) is 6.54 Å². The number of nitrogens with one attached hydrogen (secondary N) is 1. The van der Waals surface area contributed by atoms with Crippen LogP contribution in [0.3, 0.4) is 0 Å². The van der Waals surface area contributed by atoms with Crippen molar-refractivity contribution in [2.45, 2.75) is 20.4 Å². The third-order valence-electron chi connectivity index (χ3n) is 1.48. The van der Waals surface area contributed by atoms with Crippen molar-refractivity contribution in [3.8, 4) is 0 Å². The van der Waals surface area contributed by atoms with Crippen LogP contribution >= 0.6 is 22.7 Å². The van der Waals surface area contributed by atoms with Crippen LogP contribution in [0.5, 0.6) is 0 Å². The highest BCUT2D eigenvalue weighted by molar-refractivity contribution is 7.15. The predicted molar refractivity (Wildman–Crippen MR) is 56.6 cm³/mol. The Morgan fingerprint density at radius 2 is 1.71 bits per heavy atom. The molecule has 14 heavy (non-hydrogen) atoms. The molecule has 0 aliphatic rings. The Morgan fingerprint density at radius 1 is 1.00 bits per heavy atom. The molecule has 0 spiro atoms. The van der Waals surface area contributed by atoms with Crippen molar-refractivity contribution >= 4 is 27.8 Å². The van der Waals surface area contributed by atoms with Gasteiger partial charge < -0.3 is 5.32 Å². The zero-order valence-electron chi connectivity index (χ0n) is 7.81. The summed E-state index contributed by atoms with van der Waals surface area (Å²) in [5.41, 5.74) is 0. The molecule has 0 fully saturated rings. The van der Waals surface area contributed by atoms with Crippen molar-refractivity contribution in [2.75, 3.05) is 5.32 Å². The highest BCUT2D eigenvalue weighted by Crippen LogP contribution is 2.15. The molecule has 0 saturated carbocycles. The standard InChI is InChI=1S/C7H9N5S2/c1-4-9-11-6(13-4)3-8-7-12-10-5(2)14-7/h3H2,1-2H3,(H,8,12). The summed E-state index contributed by atoms with van der Waals surface area (Å²) >= 11 is 3.12. The van der Waals surface area contributed by atoms with Crippen LogP contribution in [0.2, 0.25) is 0 Å². The van der Waals surface area contributed by atoms with Crippen LogP contribution in [0.15, 0.2) is 0 Å². The number of nitrogens with zero attached hydrogens (tertiary/aromatic N) is 4. The maximum absolute atomic E-state index is 4.00. The van der Waals surface area contributed by atoms with Crippen molar-refractivity contribution in [3.05, 3.63) is 15.0 Å². The maximum Gasteiger partial charge on any atom is 0.206 e. The minimum Gasteiger partial charge on any atom is -0.353 e. The van der Waals surface area contributed by atoms with E-state index >= 15 is 0 Å². The molecule has 2 aromatic rings. The Labute approximate surface area is 89.2 Å². The average Bonchev–Trinajstić information content (AvgIpc) is 2.72. The monoisotopic (exact) mass is 227 g/mol. The molecule has 74 valence electrons. The molecule has 2 aromatic heterocycles. The van der Waals surface area contributed by atoms with E-state index in [9.17, 15) is 0 Å². The second-order valence-electron chi connectivity index (χ2n) is 2.69. The lowest BCUT2D eigenvalue weighted by molar-refractivity contribution is 0.960. The largest absolute Gasteiger partial charge is 0.353 e. The number of hydrogen-bond donors (Lipinski definition) is 1. The van der Waals surface area contributed by atoms with Gasteiger partial charge in [0, 0.05) is 0 Å². The van der Waals surface area contributed by atoms with E-state index in [1.165, 1.54) is 11.3 Å². The Balaban J connectivity index is 1.94. The highest BCUT2D eigenvalue weighted by Gasteiger charge is 2.02. The lowest BCUT2D eigenvalue weighted by Gasteiger charge is -1.95. The Hall–Kier alpha value is -1.08. The molecule has 2 heterocycles. The highest BCUT2D eigenvalue weighted by atomic mass is 32.1. The summed E-state index contributed by atoms with van der Waals surface area (Å²) < 4.78 is 0. The Bertz CT molecular complexity index is 381. The van der Waals surface area contributed by atoms with Crippen LogP contribution in [-0.4, -0.2) is 20.4 Å². The molecule has 1 N–H and O–H groups in total. The van der Waals surface area contributed by atoms with Gasteiger partial charge in [0.2, 0.25) is 5.13 Å². The Morgan fingerprint density at radius 3 is 2.29 bits per heavy atom. The third kappa shape index (κ3) is 2.24. The molecule has 2 rings (SSSR count). The molecule has 0 radical (unpaired) electrons. The van der Waals surface area contributed by atoms with Gasteiger partial charge in [-0.1, -0.05) is 22.7 Å². The molecule has 0 aromatic carbocycles. The summed E-state index contributed by atoms with van der Waals surface area (Å²) in [5, 5.41) is 22.7. The molecule has 0 aliphatic carbocycles. The van der Waals surface area contributed by atoms with E-state index < -0.39 is 0 Å². The second kappa shape index (κ2) is 3.97. The molecular formula is C7H9N5S2. The van der Waals surface area contributed by atoms with E-state index in [0.717, 1.165) is 20.2 Å². The smallest absolute Gasteiger partial charge is 0.206 e. The van der Waals surface area contributed by atoms with Crippen LogP contribution in [0.25, 0.3) is 0 Å². The van der Waals surface area contributed by atoms with E-state index in [2.05, 4.69) is 25.7 Å². The van der Waals surface area contributed by atoms with E-state index in [1.807, 2.05) is 13.8 Å². The van der Waals surface area contributed by atoms with Crippen LogP contribution < -0.4 is 5.32 Å². The van der Waals surface area contributed by atoms with Gasteiger partial charge >= 0.3 is 0 Å². The quantitative estimate of drug-likeness (QED) is 0.863. The topological polar surface area (TPSA) is 63.6 Å². The fraction of sp³-hybridized carbons (Fsp3) is 0.429. The lowest BCUT2D eigenvalue weighted by Crippen LogP contribution is -1.98. The first kappa shape index (κ1) is 9.47. The van der Waals surface area contributed by atoms with Gasteiger partial charge in [0.25, 0.3) is 0 Å². The zero-order valence-corrected chi connectivity index (χ0v) is 9.45. The van der Waals surface area contributed by atoms with E-state index in [4.69, 9.17) is 0 Å². The first-order valence-corrected chi connectivity index (χ1v) is 5.70. The number of anilines is 1. The molecule has 0 aliphatic heterocycles. The van der Waals surface area contributed by atoms with Gasteiger partial charge in [-0.2, -0.15) is 0 Å². The normalized spacial score (nSPS) is 10.4. The summed E-state index contributed by atoms with van der Waals surface area (Å²) in [7, 11) is 0. The summed E-state index contributed by atoms with van der Waals surface area (Å²) in [6.07, 6.45) is 0. The van der Waals surface area contributed by atoms with Gasteiger partial charge in [-0.3, -0.25) is 0 Å². The average molecular weight is 227 g/mol. The summed E-state index contributed by atoms with van der Waals surface area (Å²) in [4.78, 5) is 0. The van der Waals surface area contributed by atoms with Crippen molar-refractivity contribution < 1.29 is 0 Å². The SMILES string of the molecule is Cc1nnc(CNc2nnc(C)s2)s1. The van der Waals surface area contributed by atoms with Crippen molar-refractivity contribution in [1.82, 2.24) is 20.4 Å². The maximum atomic E-state index is 4.00. The molecule has 0 bridgehead atoms. The van der Waals surface area contributed by atoms with E-state index in [-0.39, 0.29) is 0 Å². The van der Waals surface area contributed by atoms with Crippen molar-refractivity contribution in [3.63, 3.8) is 0 Å². The van der Waals surface area contributed by atoms with Gasteiger partial charge in [-0.25, -0.2) is 0 Å². The van der Waals surface area contributed by atoms with Crippen LogP contribution in [0, 0.1) is 13.8 Å². The van der Waals surface area contributed by atoms with Gasteiger partial charge in [0.15, 0.2) is 0 Å². The molecule has 0 saturated heterocycles. The van der Waals surface area contributed by atoms with Crippen molar-refractivity contribution in [2.24, 2.45) is 0 Å². The summed E-state index contributed by atoms with van der Waals surface area (Å²) in [6.45, 7) is 4.54. The summed E-state index contributed by atoms with van der Waals surface area (Å²) in [5.74, 6) is 0. The molecule has 0 atom stereocenters. The minimum absolute atomic E-state index is 0.667. The fourth-order valence-corrected chi connectivity index (χ4v) is 2.16. The van der Waals surface area contributed by atoms with Gasteiger partial charge in [0.1, 0.15) is 15.0 Å². The van der Waals surface area contributed by atoms with Crippen LogP contribution in [0.4, 0.5) is 5.13 Å². The Kier molecular flexibility index (Phi) is 2.69. The summed E-state index contributed by atoms with van der Waals surface area (Å²) in [6, 6.07) is 0. The molecule has 7 heteroatoms. The van der Waals surface area contributed by atoms with Gasteiger partial charge in [-0.05, 0) is 13.8 Å². The first-order chi connectivity index (χ1) is 6.74. The third-order valence-corrected chi connectivity index (χ3v) is 3.12.